The number of hydrogen-bond donors (Lipinski definition) is 1. The van der Waals surface area contributed by atoms with E-state index in [0.717, 1.165) is 31.4 Å². The molecule has 0 radical (unpaired) electrons. The number of rotatable bonds is 6. The molecule has 0 unspecified atom stereocenters. The zero-order chi connectivity index (χ0) is 16.2. The zero-order valence-electron chi connectivity index (χ0n) is 12.5. The lowest BCUT2D eigenvalue weighted by atomic mass is 10.1. The highest BCUT2D eigenvalue weighted by molar-refractivity contribution is 7.89. The van der Waals surface area contributed by atoms with Gasteiger partial charge in [-0.1, -0.05) is 19.8 Å². The number of primary sulfonamides is 1. The van der Waals surface area contributed by atoms with Crippen LogP contribution in [0.15, 0.2) is 17.0 Å². The first-order chi connectivity index (χ1) is 9.68. The number of sulfonamides is 1. The van der Waals surface area contributed by atoms with Crippen molar-refractivity contribution < 1.29 is 17.6 Å². The molecule has 5 nitrogen and oxygen atoms in total. The van der Waals surface area contributed by atoms with E-state index in [4.69, 9.17) is 5.14 Å². The first kappa shape index (κ1) is 17.6. The van der Waals surface area contributed by atoms with Crippen LogP contribution in [0.25, 0.3) is 0 Å². The van der Waals surface area contributed by atoms with Crippen LogP contribution in [-0.2, 0) is 10.0 Å². The van der Waals surface area contributed by atoms with Crippen LogP contribution < -0.4 is 5.14 Å². The van der Waals surface area contributed by atoms with Crippen LogP contribution in [0.4, 0.5) is 4.39 Å². The number of carbonyl (C=O) groups excluding carboxylic acids is 1. The van der Waals surface area contributed by atoms with Gasteiger partial charge in [0.05, 0.1) is 4.90 Å². The van der Waals surface area contributed by atoms with E-state index in [9.17, 15) is 17.6 Å². The molecule has 1 rings (SSSR count). The second kappa shape index (κ2) is 7.00. The van der Waals surface area contributed by atoms with Gasteiger partial charge < -0.3 is 4.90 Å². The first-order valence-electron chi connectivity index (χ1n) is 6.77. The summed E-state index contributed by atoms with van der Waals surface area (Å²) in [5.41, 5.74) is -0.0937. The summed E-state index contributed by atoms with van der Waals surface area (Å²) in [5.74, 6) is -1.18. The highest BCUT2D eigenvalue weighted by atomic mass is 32.2. The fourth-order valence-electron chi connectivity index (χ4n) is 1.99. The van der Waals surface area contributed by atoms with Crippen molar-refractivity contribution in [2.24, 2.45) is 5.14 Å². The maximum Gasteiger partial charge on any atom is 0.253 e. The van der Waals surface area contributed by atoms with E-state index in [0.29, 0.717) is 6.54 Å². The molecular formula is C14H21FN2O3S. The summed E-state index contributed by atoms with van der Waals surface area (Å²) < 4.78 is 36.7. The van der Waals surface area contributed by atoms with Crippen LogP contribution in [0.1, 0.15) is 42.1 Å². The van der Waals surface area contributed by atoms with Gasteiger partial charge in [0.1, 0.15) is 5.82 Å². The van der Waals surface area contributed by atoms with Gasteiger partial charge in [0, 0.05) is 24.7 Å². The SMILES string of the molecule is CCCCCN(C)C(=O)c1cc(F)c(C)c(S(N)(=O)=O)c1. The van der Waals surface area contributed by atoms with Crippen molar-refractivity contribution in [1.29, 1.82) is 0 Å². The summed E-state index contributed by atoms with van der Waals surface area (Å²) in [4.78, 5) is 13.3. The minimum Gasteiger partial charge on any atom is -0.342 e. The quantitative estimate of drug-likeness (QED) is 0.816. The molecule has 1 aromatic rings. The van der Waals surface area contributed by atoms with Crippen LogP contribution in [0.5, 0.6) is 0 Å². The Kier molecular flexibility index (Phi) is 5.86. The Bertz CT molecular complexity index is 629. The van der Waals surface area contributed by atoms with E-state index in [-0.39, 0.29) is 16.0 Å². The van der Waals surface area contributed by atoms with Gasteiger partial charge in [0.2, 0.25) is 10.0 Å². The topological polar surface area (TPSA) is 80.5 Å². The Morgan fingerprint density at radius 3 is 2.48 bits per heavy atom. The van der Waals surface area contributed by atoms with Crippen molar-refractivity contribution in [3.8, 4) is 0 Å². The molecule has 118 valence electrons. The van der Waals surface area contributed by atoms with E-state index >= 15 is 0 Å². The molecule has 0 spiro atoms. The van der Waals surface area contributed by atoms with E-state index in [1.807, 2.05) is 0 Å². The van der Waals surface area contributed by atoms with Gasteiger partial charge in [0.15, 0.2) is 0 Å². The number of benzene rings is 1. The predicted molar refractivity (Wildman–Crippen MR) is 79.0 cm³/mol. The van der Waals surface area contributed by atoms with Crippen molar-refractivity contribution in [2.75, 3.05) is 13.6 Å². The molecule has 21 heavy (non-hydrogen) atoms. The van der Waals surface area contributed by atoms with Crippen LogP contribution in [0.3, 0.4) is 0 Å². The van der Waals surface area contributed by atoms with E-state index in [1.165, 1.54) is 11.8 Å². The molecular weight excluding hydrogens is 295 g/mol. The van der Waals surface area contributed by atoms with Gasteiger partial charge in [-0.3, -0.25) is 4.79 Å². The van der Waals surface area contributed by atoms with E-state index in [1.54, 1.807) is 7.05 Å². The third kappa shape index (κ3) is 4.50. The highest BCUT2D eigenvalue weighted by Gasteiger charge is 2.20. The highest BCUT2D eigenvalue weighted by Crippen LogP contribution is 2.20. The summed E-state index contributed by atoms with van der Waals surface area (Å²) in [5, 5.41) is 5.05. The van der Waals surface area contributed by atoms with Crippen molar-refractivity contribution in [3.63, 3.8) is 0 Å². The van der Waals surface area contributed by atoms with Gasteiger partial charge >= 0.3 is 0 Å². The Morgan fingerprint density at radius 1 is 1.33 bits per heavy atom. The standard InChI is InChI=1S/C14H21FN2O3S/c1-4-5-6-7-17(3)14(18)11-8-12(15)10(2)13(9-11)21(16,19)20/h8-9H,4-7H2,1-3H3,(H2,16,19,20). The Balaban J connectivity index is 3.09. The molecule has 0 fully saturated rings. The molecule has 0 aliphatic heterocycles. The summed E-state index contributed by atoms with van der Waals surface area (Å²) in [6.07, 6.45) is 2.86. The Morgan fingerprint density at radius 2 is 1.95 bits per heavy atom. The lowest BCUT2D eigenvalue weighted by Gasteiger charge is -2.18. The monoisotopic (exact) mass is 316 g/mol. The molecule has 2 N–H and O–H groups in total. The number of amides is 1. The molecule has 0 aliphatic rings. The smallest absolute Gasteiger partial charge is 0.253 e. The van der Waals surface area contributed by atoms with Crippen LogP contribution in [0.2, 0.25) is 0 Å². The maximum absolute atomic E-state index is 13.8. The molecule has 0 atom stereocenters. The zero-order valence-corrected chi connectivity index (χ0v) is 13.3. The van der Waals surface area contributed by atoms with E-state index in [2.05, 4.69) is 6.92 Å². The molecule has 7 heteroatoms. The number of halogens is 1. The lowest BCUT2D eigenvalue weighted by molar-refractivity contribution is 0.0792. The minimum absolute atomic E-state index is 0.0128. The number of nitrogens with zero attached hydrogens (tertiary/aromatic N) is 1. The fourth-order valence-corrected chi connectivity index (χ4v) is 2.81. The van der Waals surface area contributed by atoms with Gasteiger partial charge in [0.25, 0.3) is 5.91 Å². The maximum atomic E-state index is 13.8. The fraction of sp³-hybridized carbons (Fsp3) is 0.500. The van der Waals surface area contributed by atoms with Crippen molar-refractivity contribution >= 4 is 15.9 Å². The second-order valence-corrected chi connectivity index (χ2v) is 6.59. The van der Waals surface area contributed by atoms with Gasteiger partial charge in [-0.05, 0) is 25.5 Å². The van der Waals surface area contributed by atoms with Crippen LogP contribution >= 0.6 is 0 Å². The van der Waals surface area contributed by atoms with Crippen molar-refractivity contribution in [2.45, 2.75) is 38.0 Å². The largest absolute Gasteiger partial charge is 0.342 e. The summed E-state index contributed by atoms with van der Waals surface area (Å²) >= 11 is 0. The summed E-state index contributed by atoms with van der Waals surface area (Å²) in [7, 11) is -2.47. The number of carbonyl (C=O) groups is 1. The molecule has 1 aromatic carbocycles. The third-order valence-corrected chi connectivity index (χ3v) is 4.33. The van der Waals surface area contributed by atoms with Gasteiger partial charge in [-0.2, -0.15) is 0 Å². The molecule has 1 amide bonds. The first-order valence-corrected chi connectivity index (χ1v) is 8.31. The van der Waals surface area contributed by atoms with Gasteiger partial charge in [-0.15, -0.1) is 0 Å². The van der Waals surface area contributed by atoms with Gasteiger partial charge in [-0.25, -0.2) is 17.9 Å². The molecule has 0 aromatic heterocycles. The minimum atomic E-state index is -4.07. The average molecular weight is 316 g/mol. The lowest BCUT2D eigenvalue weighted by Crippen LogP contribution is -2.28. The normalized spacial score (nSPS) is 11.5. The average Bonchev–Trinajstić information content (AvgIpc) is 2.39. The molecule has 0 heterocycles. The molecule has 0 aliphatic carbocycles. The molecule has 0 saturated heterocycles. The number of hydrogen-bond acceptors (Lipinski definition) is 3. The second-order valence-electron chi connectivity index (χ2n) is 5.06. The van der Waals surface area contributed by atoms with E-state index < -0.39 is 21.7 Å². The molecule has 0 bridgehead atoms. The number of nitrogens with two attached hydrogens (primary N) is 1. The summed E-state index contributed by atoms with van der Waals surface area (Å²) in [6.45, 7) is 3.90. The third-order valence-electron chi connectivity index (χ3n) is 3.29. The Hall–Kier alpha value is -1.47. The van der Waals surface area contributed by atoms with Crippen LogP contribution in [0, 0.1) is 12.7 Å². The summed E-state index contributed by atoms with van der Waals surface area (Å²) in [6, 6.07) is 2.18. The van der Waals surface area contributed by atoms with Crippen molar-refractivity contribution in [3.05, 3.63) is 29.1 Å². The van der Waals surface area contributed by atoms with Crippen LogP contribution in [-0.4, -0.2) is 32.8 Å². The Labute approximate surface area is 125 Å². The number of unbranched alkanes of at least 4 members (excludes halogenated alkanes) is 2. The van der Waals surface area contributed by atoms with Crippen molar-refractivity contribution in [1.82, 2.24) is 4.90 Å². The molecule has 0 saturated carbocycles. The predicted octanol–water partition coefficient (Wildman–Crippen LogP) is 2.04.